The molecule has 0 amide bonds. The van der Waals surface area contributed by atoms with E-state index < -0.39 is 0 Å². The fourth-order valence-corrected chi connectivity index (χ4v) is 3.54. The Morgan fingerprint density at radius 1 is 1.28 bits per heavy atom. The van der Waals surface area contributed by atoms with Crippen LogP contribution in [0, 0.1) is 0 Å². The number of aliphatic imine (C=N–C) groups is 1. The highest BCUT2D eigenvalue weighted by molar-refractivity contribution is 14.0. The maximum Gasteiger partial charge on any atom is 0.193 e. The molecule has 0 fully saturated rings. The molecule has 1 heterocycles. The Balaban J connectivity index is 0.00000420. The van der Waals surface area contributed by atoms with Crippen molar-refractivity contribution in [1.82, 2.24) is 15.2 Å². The minimum Gasteiger partial charge on any atom is -0.381 e. The van der Waals surface area contributed by atoms with Crippen molar-refractivity contribution in [1.29, 1.82) is 0 Å². The van der Waals surface area contributed by atoms with Gasteiger partial charge in [-0.25, -0.2) is 4.98 Å². The van der Waals surface area contributed by atoms with Crippen LogP contribution in [0.15, 0.2) is 40.7 Å². The Kier molecular flexibility index (Phi) is 13.1. The monoisotopic (exact) mass is 532 g/mol. The van der Waals surface area contributed by atoms with Crippen LogP contribution >= 0.6 is 35.3 Å². The van der Waals surface area contributed by atoms with Crippen LogP contribution in [0.3, 0.4) is 0 Å². The molecule has 0 aliphatic heterocycles. The number of ether oxygens (including phenoxy) is 2. The predicted molar refractivity (Wildman–Crippen MR) is 131 cm³/mol. The average Bonchev–Trinajstić information content (AvgIpc) is 3.18. The molecule has 162 valence electrons. The highest BCUT2D eigenvalue weighted by atomic mass is 127. The van der Waals surface area contributed by atoms with Crippen molar-refractivity contribution in [3.05, 3.63) is 52.0 Å². The summed E-state index contributed by atoms with van der Waals surface area (Å²) >= 11 is 1.63. The summed E-state index contributed by atoms with van der Waals surface area (Å²) in [6, 6.07) is 10.4. The van der Waals surface area contributed by atoms with Gasteiger partial charge in [-0.15, -0.1) is 35.3 Å². The molecule has 6 nitrogen and oxygen atoms in total. The Morgan fingerprint density at radius 2 is 2.03 bits per heavy atom. The van der Waals surface area contributed by atoms with Gasteiger partial charge in [0.25, 0.3) is 0 Å². The second-order valence-electron chi connectivity index (χ2n) is 6.59. The lowest BCUT2D eigenvalue weighted by Crippen LogP contribution is -2.39. The maximum absolute atomic E-state index is 5.73. The molecule has 0 radical (unpaired) electrons. The number of nitrogens with one attached hydrogen (secondary N) is 1. The normalized spacial score (nSPS) is 12.3. The Hall–Kier alpha value is -1.23. The second kappa shape index (κ2) is 14.7. The SMILES string of the molecule is CN=C(NCCCOCCc1ccccc1)N(C)Cc1csc(C(C)OC)n1.I. The van der Waals surface area contributed by atoms with Crippen molar-refractivity contribution in [2.75, 3.05) is 41.0 Å². The van der Waals surface area contributed by atoms with Crippen LogP contribution in [0.25, 0.3) is 0 Å². The molecule has 0 saturated heterocycles. The van der Waals surface area contributed by atoms with Crippen LogP contribution in [-0.4, -0.2) is 56.8 Å². The number of hydrogen-bond donors (Lipinski definition) is 1. The van der Waals surface area contributed by atoms with Crippen molar-refractivity contribution in [2.45, 2.75) is 32.4 Å². The van der Waals surface area contributed by atoms with Crippen molar-refractivity contribution in [3.8, 4) is 0 Å². The number of hydrogen-bond acceptors (Lipinski definition) is 5. The number of benzene rings is 1. The quantitative estimate of drug-likeness (QED) is 0.204. The first-order chi connectivity index (χ1) is 13.6. The highest BCUT2D eigenvalue weighted by Gasteiger charge is 2.12. The second-order valence-corrected chi connectivity index (χ2v) is 7.48. The van der Waals surface area contributed by atoms with Crippen LogP contribution in [0.5, 0.6) is 0 Å². The molecule has 8 heteroatoms. The van der Waals surface area contributed by atoms with Gasteiger partial charge in [0.2, 0.25) is 0 Å². The summed E-state index contributed by atoms with van der Waals surface area (Å²) in [7, 11) is 5.52. The zero-order valence-electron chi connectivity index (χ0n) is 17.8. The number of halogens is 1. The first-order valence-electron chi connectivity index (χ1n) is 9.64. The Bertz CT molecular complexity index is 712. The van der Waals surface area contributed by atoms with E-state index in [0.717, 1.165) is 49.3 Å². The van der Waals surface area contributed by atoms with E-state index >= 15 is 0 Å². The molecule has 1 atom stereocenters. The minimum absolute atomic E-state index is 0. The van der Waals surface area contributed by atoms with Crippen molar-refractivity contribution < 1.29 is 9.47 Å². The molecule has 0 aliphatic rings. The fourth-order valence-electron chi connectivity index (χ4n) is 2.70. The van der Waals surface area contributed by atoms with Crippen LogP contribution < -0.4 is 5.32 Å². The molecule has 2 aromatic rings. The average molecular weight is 532 g/mol. The number of rotatable bonds is 11. The third kappa shape index (κ3) is 9.41. The molecular weight excluding hydrogens is 499 g/mol. The molecular formula is C21H33IN4O2S. The predicted octanol–water partition coefficient (Wildman–Crippen LogP) is 4.13. The Morgan fingerprint density at radius 3 is 2.72 bits per heavy atom. The van der Waals surface area contributed by atoms with Gasteiger partial charge in [-0.05, 0) is 25.3 Å². The van der Waals surface area contributed by atoms with Gasteiger partial charge in [-0.1, -0.05) is 30.3 Å². The summed E-state index contributed by atoms with van der Waals surface area (Å²) < 4.78 is 11.1. The smallest absolute Gasteiger partial charge is 0.193 e. The van der Waals surface area contributed by atoms with Gasteiger partial charge in [0, 0.05) is 39.7 Å². The third-order valence-electron chi connectivity index (χ3n) is 4.37. The van der Waals surface area contributed by atoms with E-state index in [1.54, 1.807) is 25.5 Å². The van der Waals surface area contributed by atoms with Crippen LogP contribution in [0.1, 0.15) is 35.7 Å². The third-order valence-corrected chi connectivity index (χ3v) is 5.42. The lowest BCUT2D eigenvalue weighted by Gasteiger charge is -2.21. The number of guanidine groups is 1. The van der Waals surface area contributed by atoms with Crippen LogP contribution in [0.4, 0.5) is 0 Å². The molecule has 2 rings (SSSR count). The van der Waals surface area contributed by atoms with Crippen molar-refractivity contribution in [3.63, 3.8) is 0 Å². The van der Waals surface area contributed by atoms with Gasteiger partial charge in [0.05, 0.1) is 18.8 Å². The molecule has 1 aromatic heterocycles. The summed E-state index contributed by atoms with van der Waals surface area (Å²) in [5.74, 6) is 0.860. The molecule has 1 N–H and O–H groups in total. The number of methoxy groups -OCH3 is 1. The summed E-state index contributed by atoms with van der Waals surface area (Å²) in [6.45, 7) is 5.04. The van der Waals surface area contributed by atoms with Crippen LogP contribution in [-0.2, 0) is 22.4 Å². The first-order valence-corrected chi connectivity index (χ1v) is 10.5. The molecule has 0 spiro atoms. The molecule has 0 saturated carbocycles. The van der Waals surface area contributed by atoms with E-state index in [1.807, 2.05) is 20.0 Å². The zero-order valence-corrected chi connectivity index (χ0v) is 20.9. The van der Waals surface area contributed by atoms with Gasteiger partial charge in [-0.3, -0.25) is 4.99 Å². The van der Waals surface area contributed by atoms with E-state index in [9.17, 15) is 0 Å². The minimum atomic E-state index is 0. The van der Waals surface area contributed by atoms with Gasteiger partial charge in [-0.2, -0.15) is 0 Å². The zero-order chi connectivity index (χ0) is 20.2. The number of nitrogens with zero attached hydrogens (tertiary/aromatic N) is 3. The molecule has 29 heavy (non-hydrogen) atoms. The molecule has 1 unspecified atom stereocenters. The molecule has 1 aromatic carbocycles. The Labute approximate surface area is 195 Å². The lowest BCUT2D eigenvalue weighted by atomic mass is 10.2. The summed E-state index contributed by atoms with van der Waals surface area (Å²) in [4.78, 5) is 11.1. The summed E-state index contributed by atoms with van der Waals surface area (Å²) in [5.41, 5.74) is 2.34. The molecule has 0 aliphatic carbocycles. The summed E-state index contributed by atoms with van der Waals surface area (Å²) in [5, 5.41) is 6.47. The van der Waals surface area contributed by atoms with Crippen molar-refractivity contribution >= 4 is 41.3 Å². The van der Waals surface area contributed by atoms with Gasteiger partial charge in [0.15, 0.2) is 5.96 Å². The lowest BCUT2D eigenvalue weighted by molar-refractivity contribution is 0.119. The topological polar surface area (TPSA) is 59.0 Å². The fraction of sp³-hybridized carbons (Fsp3) is 0.524. The number of aromatic nitrogens is 1. The molecule has 0 bridgehead atoms. The maximum atomic E-state index is 5.73. The van der Waals surface area contributed by atoms with Crippen molar-refractivity contribution in [2.24, 2.45) is 4.99 Å². The van der Waals surface area contributed by atoms with E-state index in [-0.39, 0.29) is 30.1 Å². The largest absolute Gasteiger partial charge is 0.381 e. The standard InChI is InChI=1S/C21H32N4O2S.HI/c1-17(26-4)20-24-19(16-28-20)15-25(3)21(22-2)23-12-8-13-27-14-11-18-9-6-5-7-10-18;/h5-7,9-10,16-17H,8,11-15H2,1-4H3,(H,22,23);1H. The van der Waals surface area contributed by atoms with Gasteiger partial charge >= 0.3 is 0 Å². The van der Waals surface area contributed by atoms with Gasteiger partial charge < -0.3 is 19.7 Å². The van der Waals surface area contributed by atoms with E-state index in [2.05, 4.69) is 49.8 Å². The van der Waals surface area contributed by atoms with E-state index in [4.69, 9.17) is 9.47 Å². The van der Waals surface area contributed by atoms with E-state index in [1.165, 1.54) is 5.56 Å². The van der Waals surface area contributed by atoms with Crippen LogP contribution in [0.2, 0.25) is 0 Å². The van der Waals surface area contributed by atoms with E-state index in [0.29, 0.717) is 6.54 Å². The highest BCUT2D eigenvalue weighted by Crippen LogP contribution is 2.20. The number of thiazole rings is 1. The van der Waals surface area contributed by atoms with Gasteiger partial charge in [0.1, 0.15) is 11.1 Å². The first kappa shape index (κ1) is 25.8. The summed E-state index contributed by atoms with van der Waals surface area (Å²) in [6.07, 6.45) is 1.92.